The molecule has 0 aliphatic carbocycles. The first-order chi connectivity index (χ1) is 7.31. The van der Waals surface area contributed by atoms with Crippen LogP contribution >= 0.6 is 0 Å². The Bertz CT molecular complexity index is 501. The summed E-state index contributed by atoms with van der Waals surface area (Å²) in [4.78, 5) is 0. The first-order valence-electron chi connectivity index (χ1n) is 4.94. The van der Waals surface area contributed by atoms with Crippen molar-refractivity contribution in [3.8, 4) is 23.5 Å². The van der Waals surface area contributed by atoms with Crippen molar-refractivity contribution in [3.05, 3.63) is 59.7 Å². The van der Waals surface area contributed by atoms with Gasteiger partial charge < -0.3 is 0 Å². The largest absolute Gasteiger partial charge is 0.115 e. The van der Waals surface area contributed by atoms with Gasteiger partial charge in [0, 0.05) is 5.56 Å². The highest BCUT2D eigenvalue weighted by Crippen LogP contribution is 2.21. The summed E-state index contributed by atoms with van der Waals surface area (Å²) in [6.07, 6.45) is 5.39. The molecule has 2 aromatic rings. The molecular weight excluding hydrogens is 180 g/mol. The molecule has 0 aromatic heterocycles. The quantitative estimate of drug-likeness (QED) is 0.605. The van der Waals surface area contributed by atoms with Crippen LogP contribution in [0, 0.1) is 19.3 Å². The van der Waals surface area contributed by atoms with Crippen LogP contribution in [0.1, 0.15) is 11.1 Å². The van der Waals surface area contributed by atoms with E-state index < -0.39 is 0 Å². The standard InChI is InChI=1S/C15H12/c1-3-13-9-10-15(11-12(13)2)14-7-5-4-6-8-14/h1,4-11H,2H3. The third kappa shape index (κ3) is 1.92. The molecule has 0 aliphatic heterocycles. The Morgan fingerprint density at radius 1 is 0.933 bits per heavy atom. The van der Waals surface area contributed by atoms with Gasteiger partial charge in [-0.1, -0.05) is 48.4 Å². The van der Waals surface area contributed by atoms with Crippen LogP contribution in [-0.4, -0.2) is 0 Å². The zero-order chi connectivity index (χ0) is 10.7. The van der Waals surface area contributed by atoms with E-state index in [0.29, 0.717) is 0 Å². The molecule has 0 heteroatoms. The zero-order valence-corrected chi connectivity index (χ0v) is 8.70. The first-order valence-corrected chi connectivity index (χ1v) is 4.94. The van der Waals surface area contributed by atoms with Gasteiger partial charge in [-0.3, -0.25) is 0 Å². The van der Waals surface area contributed by atoms with Crippen LogP contribution in [0.3, 0.4) is 0 Å². The van der Waals surface area contributed by atoms with Gasteiger partial charge in [-0.05, 0) is 29.7 Å². The summed E-state index contributed by atoms with van der Waals surface area (Å²) in [7, 11) is 0. The smallest absolute Gasteiger partial charge is 0.0272 e. The van der Waals surface area contributed by atoms with Crippen LogP contribution in [0.2, 0.25) is 0 Å². The highest BCUT2D eigenvalue weighted by molar-refractivity contribution is 5.65. The Kier molecular flexibility index (Phi) is 2.56. The fourth-order valence-corrected chi connectivity index (χ4v) is 1.64. The topological polar surface area (TPSA) is 0 Å². The number of terminal acetylenes is 1. The number of benzene rings is 2. The maximum absolute atomic E-state index is 5.39. The summed E-state index contributed by atoms with van der Waals surface area (Å²) in [5.74, 6) is 2.67. The third-order valence-corrected chi connectivity index (χ3v) is 2.49. The van der Waals surface area contributed by atoms with E-state index in [1.807, 2.05) is 31.2 Å². The van der Waals surface area contributed by atoms with E-state index in [1.165, 1.54) is 11.1 Å². The number of aryl methyl sites for hydroxylation is 1. The molecule has 72 valence electrons. The van der Waals surface area contributed by atoms with Crippen molar-refractivity contribution >= 4 is 0 Å². The molecule has 0 aliphatic rings. The number of rotatable bonds is 1. The van der Waals surface area contributed by atoms with E-state index >= 15 is 0 Å². The van der Waals surface area contributed by atoms with E-state index in [9.17, 15) is 0 Å². The highest BCUT2D eigenvalue weighted by Gasteiger charge is 1.99. The molecule has 0 heterocycles. The summed E-state index contributed by atoms with van der Waals surface area (Å²) in [6.45, 7) is 2.04. The lowest BCUT2D eigenvalue weighted by atomic mass is 10.0. The van der Waals surface area contributed by atoms with Gasteiger partial charge in [0.2, 0.25) is 0 Å². The second-order valence-electron chi connectivity index (χ2n) is 3.54. The molecule has 2 rings (SSSR count). The van der Waals surface area contributed by atoms with Crippen molar-refractivity contribution in [2.45, 2.75) is 6.92 Å². The minimum Gasteiger partial charge on any atom is -0.115 e. The summed E-state index contributed by atoms with van der Waals surface area (Å²) in [5, 5.41) is 0. The Hall–Kier alpha value is -2.00. The van der Waals surface area contributed by atoms with E-state index in [0.717, 1.165) is 11.1 Å². The molecule has 0 saturated carbocycles. The van der Waals surface area contributed by atoms with Crippen LogP contribution in [-0.2, 0) is 0 Å². The van der Waals surface area contributed by atoms with E-state index in [1.54, 1.807) is 0 Å². The van der Waals surface area contributed by atoms with Gasteiger partial charge in [-0.25, -0.2) is 0 Å². The summed E-state index contributed by atoms with van der Waals surface area (Å²) >= 11 is 0. The van der Waals surface area contributed by atoms with Crippen molar-refractivity contribution < 1.29 is 0 Å². The van der Waals surface area contributed by atoms with Crippen molar-refractivity contribution in [3.63, 3.8) is 0 Å². The Labute approximate surface area is 90.6 Å². The fraction of sp³-hybridized carbons (Fsp3) is 0.0667. The van der Waals surface area contributed by atoms with Gasteiger partial charge in [0.05, 0.1) is 0 Å². The van der Waals surface area contributed by atoms with Crippen LogP contribution in [0.4, 0.5) is 0 Å². The van der Waals surface area contributed by atoms with Gasteiger partial charge in [0.1, 0.15) is 0 Å². The zero-order valence-electron chi connectivity index (χ0n) is 8.70. The van der Waals surface area contributed by atoms with E-state index in [4.69, 9.17) is 6.42 Å². The molecule has 0 fully saturated rings. The Morgan fingerprint density at radius 2 is 1.67 bits per heavy atom. The van der Waals surface area contributed by atoms with Crippen LogP contribution < -0.4 is 0 Å². The fourth-order valence-electron chi connectivity index (χ4n) is 1.64. The normalized spacial score (nSPS) is 9.60. The number of hydrogen-bond donors (Lipinski definition) is 0. The molecular formula is C15H12. The van der Waals surface area contributed by atoms with Gasteiger partial charge in [0.15, 0.2) is 0 Å². The molecule has 15 heavy (non-hydrogen) atoms. The SMILES string of the molecule is C#Cc1ccc(-c2ccccc2)cc1C. The molecule has 0 nitrogen and oxygen atoms in total. The molecule has 0 radical (unpaired) electrons. The van der Waals surface area contributed by atoms with Crippen molar-refractivity contribution in [2.24, 2.45) is 0 Å². The van der Waals surface area contributed by atoms with E-state index in [2.05, 4.69) is 30.2 Å². The lowest BCUT2D eigenvalue weighted by Crippen LogP contribution is -1.84. The molecule has 0 unspecified atom stereocenters. The molecule has 2 aromatic carbocycles. The van der Waals surface area contributed by atoms with Gasteiger partial charge in [-0.2, -0.15) is 0 Å². The molecule has 0 saturated heterocycles. The average Bonchev–Trinajstić information content (AvgIpc) is 2.30. The first kappa shape index (κ1) is 9.55. The van der Waals surface area contributed by atoms with Gasteiger partial charge >= 0.3 is 0 Å². The average molecular weight is 192 g/mol. The predicted octanol–water partition coefficient (Wildman–Crippen LogP) is 3.64. The summed E-state index contributed by atoms with van der Waals surface area (Å²) < 4.78 is 0. The molecule has 0 atom stereocenters. The highest BCUT2D eigenvalue weighted by atomic mass is 14.0. The van der Waals surface area contributed by atoms with Gasteiger partial charge in [0.25, 0.3) is 0 Å². The maximum Gasteiger partial charge on any atom is 0.0272 e. The van der Waals surface area contributed by atoms with Crippen molar-refractivity contribution in [2.75, 3.05) is 0 Å². The molecule has 0 spiro atoms. The van der Waals surface area contributed by atoms with Crippen LogP contribution in [0.15, 0.2) is 48.5 Å². The monoisotopic (exact) mass is 192 g/mol. The summed E-state index contributed by atoms with van der Waals surface area (Å²) in [5.41, 5.74) is 4.56. The predicted molar refractivity (Wildman–Crippen MR) is 64.6 cm³/mol. The summed E-state index contributed by atoms with van der Waals surface area (Å²) in [6, 6.07) is 16.5. The third-order valence-electron chi connectivity index (χ3n) is 2.49. The molecule has 0 bridgehead atoms. The molecule has 0 amide bonds. The van der Waals surface area contributed by atoms with Gasteiger partial charge in [-0.15, -0.1) is 6.42 Å². The Morgan fingerprint density at radius 3 is 2.27 bits per heavy atom. The maximum atomic E-state index is 5.39. The van der Waals surface area contributed by atoms with Crippen molar-refractivity contribution in [1.29, 1.82) is 0 Å². The second-order valence-corrected chi connectivity index (χ2v) is 3.54. The minimum absolute atomic E-state index is 0.967. The molecule has 0 N–H and O–H groups in total. The van der Waals surface area contributed by atoms with Crippen LogP contribution in [0.25, 0.3) is 11.1 Å². The van der Waals surface area contributed by atoms with E-state index in [-0.39, 0.29) is 0 Å². The van der Waals surface area contributed by atoms with Crippen molar-refractivity contribution in [1.82, 2.24) is 0 Å². The lowest BCUT2D eigenvalue weighted by Gasteiger charge is -2.04. The Balaban J connectivity index is 2.49. The minimum atomic E-state index is 0.967. The van der Waals surface area contributed by atoms with Crippen LogP contribution in [0.5, 0.6) is 0 Å². The number of hydrogen-bond acceptors (Lipinski definition) is 0. The lowest BCUT2D eigenvalue weighted by molar-refractivity contribution is 1.43. The second kappa shape index (κ2) is 4.02.